The van der Waals surface area contributed by atoms with Crippen LogP contribution in [0.5, 0.6) is 0 Å². The number of anilines is 2. The number of amides is 2. The van der Waals surface area contributed by atoms with Gasteiger partial charge in [-0.3, -0.25) is 0 Å². The predicted octanol–water partition coefficient (Wildman–Crippen LogP) is 5.29. The van der Waals surface area contributed by atoms with Crippen LogP contribution in [0.3, 0.4) is 0 Å². The molecule has 2 amide bonds. The second-order valence-electron chi connectivity index (χ2n) is 4.28. The number of hydrogen-bond donors (Lipinski definition) is 3. The molecule has 0 saturated heterocycles. The summed E-state index contributed by atoms with van der Waals surface area (Å²) in [5.74, 6) is 0. The first kappa shape index (κ1) is 16.5. The van der Waals surface area contributed by atoms with Crippen LogP contribution in [-0.2, 0) is 6.18 Å². The van der Waals surface area contributed by atoms with Gasteiger partial charge in [-0.1, -0.05) is 23.7 Å². The van der Waals surface area contributed by atoms with Crippen molar-refractivity contribution in [1.82, 2.24) is 0 Å². The lowest BCUT2D eigenvalue weighted by Crippen LogP contribution is -2.22. The van der Waals surface area contributed by atoms with Crippen molar-refractivity contribution in [1.29, 1.82) is 0 Å². The van der Waals surface area contributed by atoms with E-state index >= 15 is 0 Å². The minimum absolute atomic E-state index is 0.0704. The molecular formula is C14H10ClF3N2OS. The Morgan fingerprint density at radius 3 is 2.32 bits per heavy atom. The Bertz CT molecular complexity index is 707. The lowest BCUT2D eigenvalue weighted by Gasteiger charge is -2.15. The number of nitrogens with one attached hydrogen (secondary N) is 2. The fourth-order valence-corrected chi connectivity index (χ4v) is 2.10. The molecule has 2 rings (SSSR count). The summed E-state index contributed by atoms with van der Waals surface area (Å²) < 4.78 is 38.8. The first-order chi connectivity index (χ1) is 10.3. The van der Waals surface area contributed by atoms with E-state index in [-0.39, 0.29) is 10.7 Å². The molecule has 0 radical (unpaired) electrons. The van der Waals surface area contributed by atoms with E-state index in [9.17, 15) is 18.0 Å². The van der Waals surface area contributed by atoms with Gasteiger partial charge in [-0.05, 0) is 30.3 Å². The lowest BCUT2D eigenvalue weighted by atomic mass is 10.1. The molecule has 0 aromatic heterocycles. The van der Waals surface area contributed by atoms with Crippen molar-refractivity contribution in [2.24, 2.45) is 0 Å². The topological polar surface area (TPSA) is 41.1 Å². The summed E-state index contributed by atoms with van der Waals surface area (Å²) in [5.41, 5.74) is -1.02. The average Bonchev–Trinajstić information content (AvgIpc) is 2.42. The number of para-hydroxylation sites is 1. The van der Waals surface area contributed by atoms with Gasteiger partial charge in [0.25, 0.3) is 0 Å². The number of alkyl halides is 3. The third kappa shape index (κ3) is 4.08. The van der Waals surface area contributed by atoms with Gasteiger partial charge in [0.2, 0.25) is 0 Å². The fraction of sp³-hybridized carbons (Fsp3) is 0.0714. The Morgan fingerprint density at radius 1 is 1.05 bits per heavy atom. The van der Waals surface area contributed by atoms with Gasteiger partial charge in [0.05, 0.1) is 16.9 Å². The van der Waals surface area contributed by atoms with Gasteiger partial charge >= 0.3 is 12.2 Å². The number of hydrogen-bond acceptors (Lipinski definition) is 2. The van der Waals surface area contributed by atoms with Gasteiger partial charge in [0.15, 0.2) is 0 Å². The number of urea groups is 1. The number of carbonyl (C=O) groups is 1. The van der Waals surface area contributed by atoms with Gasteiger partial charge in [0.1, 0.15) is 0 Å². The molecule has 2 aromatic rings. The Labute approximate surface area is 134 Å². The average molecular weight is 347 g/mol. The molecule has 0 bridgehead atoms. The third-order valence-electron chi connectivity index (χ3n) is 2.69. The SMILES string of the molecule is O=C(Nc1ccccc1S)Nc1ccc(Cl)cc1C(F)(F)F. The molecule has 8 heteroatoms. The van der Waals surface area contributed by atoms with E-state index in [0.29, 0.717) is 10.6 Å². The van der Waals surface area contributed by atoms with Crippen LogP contribution in [0, 0.1) is 0 Å². The van der Waals surface area contributed by atoms with E-state index < -0.39 is 17.8 Å². The summed E-state index contributed by atoms with van der Waals surface area (Å²) in [6.45, 7) is 0. The highest BCUT2D eigenvalue weighted by atomic mass is 35.5. The summed E-state index contributed by atoms with van der Waals surface area (Å²) in [6.07, 6.45) is -4.63. The highest BCUT2D eigenvalue weighted by Gasteiger charge is 2.34. The predicted molar refractivity (Wildman–Crippen MR) is 82.8 cm³/mol. The molecule has 0 fully saturated rings. The molecule has 2 aromatic carbocycles. The molecule has 116 valence electrons. The minimum Gasteiger partial charge on any atom is -0.307 e. The molecule has 2 N–H and O–H groups in total. The van der Waals surface area contributed by atoms with Gasteiger partial charge < -0.3 is 10.6 Å². The molecule has 0 unspecified atom stereocenters. The maximum atomic E-state index is 12.9. The van der Waals surface area contributed by atoms with Crippen molar-refractivity contribution in [3.63, 3.8) is 0 Å². The summed E-state index contributed by atoms with van der Waals surface area (Å²) in [6, 6.07) is 8.90. The van der Waals surface area contributed by atoms with Crippen LogP contribution in [0.1, 0.15) is 5.56 Å². The maximum Gasteiger partial charge on any atom is 0.418 e. The van der Waals surface area contributed by atoms with Crippen molar-refractivity contribution in [2.45, 2.75) is 11.1 Å². The molecule has 0 heterocycles. The number of rotatable bonds is 2. The fourth-order valence-electron chi connectivity index (χ4n) is 1.72. The van der Waals surface area contributed by atoms with Gasteiger partial charge in [-0.2, -0.15) is 13.2 Å². The highest BCUT2D eigenvalue weighted by molar-refractivity contribution is 7.80. The molecule has 0 saturated carbocycles. The largest absolute Gasteiger partial charge is 0.418 e. The van der Waals surface area contributed by atoms with Crippen molar-refractivity contribution in [3.8, 4) is 0 Å². The van der Waals surface area contributed by atoms with Crippen LogP contribution < -0.4 is 10.6 Å². The van der Waals surface area contributed by atoms with E-state index in [1.54, 1.807) is 24.3 Å². The maximum absolute atomic E-state index is 12.9. The Morgan fingerprint density at radius 2 is 1.68 bits per heavy atom. The highest BCUT2D eigenvalue weighted by Crippen LogP contribution is 2.36. The molecule has 0 aliphatic heterocycles. The summed E-state index contributed by atoms with van der Waals surface area (Å²) >= 11 is 9.71. The van der Waals surface area contributed by atoms with E-state index in [0.717, 1.165) is 12.1 Å². The van der Waals surface area contributed by atoms with Crippen LogP contribution in [-0.4, -0.2) is 6.03 Å². The van der Waals surface area contributed by atoms with E-state index in [1.165, 1.54) is 6.07 Å². The van der Waals surface area contributed by atoms with Gasteiger partial charge in [0, 0.05) is 9.92 Å². The zero-order chi connectivity index (χ0) is 16.3. The number of carbonyl (C=O) groups excluding carboxylic acids is 1. The molecule has 22 heavy (non-hydrogen) atoms. The van der Waals surface area contributed by atoms with E-state index in [1.807, 2.05) is 0 Å². The Kier molecular flexibility index (Phi) is 4.87. The molecular weight excluding hydrogens is 337 g/mol. The molecule has 0 aliphatic rings. The second-order valence-corrected chi connectivity index (χ2v) is 5.20. The zero-order valence-corrected chi connectivity index (χ0v) is 12.6. The lowest BCUT2D eigenvalue weighted by molar-refractivity contribution is -0.136. The standard InChI is InChI=1S/C14H10ClF3N2OS/c15-8-5-6-10(9(7-8)14(16,17)18)19-13(21)20-11-3-1-2-4-12(11)22/h1-7,22H,(H2,19,20,21). The molecule has 0 aliphatic carbocycles. The molecule has 3 nitrogen and oxygen atoms in total. The van der Waals surface area contributed by atoms with Crippen molar-refractivity contribution >= 4 is 41.6 Å². The quantitative estimate of drug-likeness (QED) is 0.635. The van der Waals surface area contributed by atoms with Gasteiger partial charge in [-0.25, -0.2) is 4.79 Å². The normalized spacial score (nSPS) is 11.1. The smallest absolute Gasteiger partial charge is 0.307 e. The van der Waals surface area contributed by atoms with Crippen LogP contribution >= 0.6 is 24.2 Å². The molecule has 0 spiro atoms. The van der Waals surface area contributed by atoms with Crippen LogP contribution in [0.4, 0.5) is 29.3 Å². The second kappa shape index (κ2) is 6.50. The Balaban J connectivity index is 2.21. The summed E-state index contributed by atoms with van der Waals surface area (Å²) in [7, 11) is 0. The Hall–Kier alpha value is -1.86. The van der Waals surface area contributed by atoms with E-state index in [4.69, 9.17) is 11.6 Å². The number of benzene rings is 2. The number of thiol groups is 1. The van der Waals surface area contributed by atoms with Crippen LogP contribution in [0.15, 0.2) is 47.4 Å². The van der Waals surface area contributed by atoms with Crippen molar-refractivity contribution < 1.29 is 18.0 Å². The summed E-state index contributed by atoms with van der Waals surface area (Å²) in [5, 5.41) is 4.51. The van der Waals surface area contributed by atoms with Crippen LogP contribution in [0.25, 0.3) is 0 Å². The summed E-state index contributed by atoms with van der Waals surface area (Å²) in [4.78, 5) is 12.3. The monoisotopic (exact) mass is 346 g/mol. The first-order valence-corrected chi connectivity index (χ1v) is 6.82. The zero-order valence-electron chi connectivity index (χ0n) is 10.9. The minimum atomic E-state index is -4.63. The number of halogens is 4. The molecule has 0 atom stereocenters. The first-order valence-electron chi connectivity index (χ1n) is 6.00. The van der Waals surface area contributed by atoms with Crippen molar-refractivity contribution in [3.05, 3.63) is 53.1 Å². The van der Waals surface area contributed by atoms with Crippen molar-refractivity contribution in [2.75, 3.05) is 10.6 Å². The van der Waals surface area contributed by atoms with Gasteiger partial charge in [-0.15, -0.1) is 12.6 Å². The van der Waals surface area contributed by atoms with Crippen LogP contribution in [0.2, 0.25) is 5.02 Å². The van der Waals surface area contributed by atoms with E-state index in [2.05, 4.69) is 23.3 Å². The third-order valence-corrected chi connectivity index (χ3v) is 3.31.